The van der Waals surface area contributed by atoms with E-state index in [0.29, 0.717) is 11.6 Å². The van der Waals surface area contributed by atoms with E-state index in [-0.39, 0.29) is 11.7 Å². The summed E-state index contributed by atoms with van der Waals surface area (Å²) in [6, 6.07) is 4.96. The quantitative estimate of drug-likeness (QED) is 0.627. The van der Waals surface area contributed by atoms with Gasteiger partial charge in [-0.1, -0.05) is 0 Å². The third-order valence-corrected chi connectivity index (χ3v) is 3.48. The maximum atomic E-state index is 13.2. The summed E-state index contributed by atoms with van der Waals surface area (Å²) in [6.45, 7) is 1.80. The molecule has 0 aliphatic carbocycles. The van der Waals surface area contributed by atoms with Crippen molar-refractivity contribution in [2.24, 2.45) is 5.73 Å². The molecule has 5 heteroatoms. The smallest absolute Gasteiger partial charge is 0.125 e. The van der Waals surface area contributed by atoms with Crippen molar-refractivity contribution in [1.82, 2.24) is 4.90 Å². The van der Waals surface area contributed by atoms with Crippen molar-refractivity contribution in [2.45, 2.75) is 12.5 Å². The summed E-state index contributed by atoms with van der Waals surface area (Å²) >= 11 is 0. The molecule has 1 fully saturated rings. The fourth-order valence-corrected chi connectivity index (χ4v) is 2.38. The molecule has 4 nitrogen and oxygen atoms in total. The molecular weight excluding hydrogens is 231 g/mol. The summed E-state index contributed by atoms with van der Waals surface area (Å²) in [4.78, 5) is 4.36. The second-order valence-corrected chi connectivity index (χ2v) is 4.93. The average molecular weight is 250 g/mol. The van der Waals surface area contributed by atoms with E-state index >= 15 is 0 Å². The van der Waals surface area contributed by atoms with E-state index in [9.17, 15) is 4.39 Å². The van der Waals surface area contributed by atoms with Crippen molar-refractivity contribution in [3.63, 3.8) is 0 Å². The first-order valence-electron chi connectivity index (χ1n) is 6.04. The van der Waals surface area contributed by atoms with Crippen LogP contribution in [0.5, 0.6) is 0 Å². The van der Waals surface area contributed by atoms with Crippen LogP contribution < -0.4 is 10.6 Å². The van der Waals surface area contributed by atoms with E-state index in [1.807, 2.05) is 0 Å². The van der Waals surface area contributed by atoms with Gasteiger partial charge in [0, 0.05) is 30.4 Å². The van der Waals surface area contributed by atoms with Gasteiger partial charge in [0.05, 0.1) is 0 Å². The number of hydrogen-bond donors (Lipinski definition) is 2. The summed E-state index contributed by atoms with van der Waals surface area (Å²) in [6.07, 6.45) is 1.07. The third-order valence-electron chi connectivity index (χ3n) is 3.48. The van der Waals surface area contributed by atoms with Crippen molar-refractivity contribution in [3.8, 4) is 0 Å². The normalized spacial score (nSPS) is 19.6. The first-order chi connectivity index (χ1) is 8.49. The summed E-state index contributed by atoms with van der Waals surface area (Å²) in [7, 11) is 4.12. The highest BCUT2D eigenvalue weighted by molar-refractivity contribution is 6.00. The maximum absolute atomic E-state index is 13.2. The van der Waals surface area contributed by atoms with E-state index < -0.39 is 0 Å². The van der Waals surface area contributed by atoms with Gasteiger partial charge < -0.3 is 15.5 Å². The molecule has 0 aromatic heterocycles. The van der Waals surface area contributed by atoms with Crippen molar-refractivity contribution >= 4 is 11.5 Å². The maximum Gasteiger partial charge on any atom is 0.125 e. The van der Waals surface area contributed by atoms with Crippen LogP contribution in [-0.2, 0) is 0 Å². The van der Waals surface area contributed by atoms with E-state index in [1.165, 1.54) is 12.1 Å². The molecule has 98 valence electrons. The Morgan fingerprint density at radius 1 is 1.50 bits per heavy atom. The first-order valence-corrected chi connectivity index (χ1v) is 6.04. The minimum absolute atomic E-state index is 0.0854. The Bertz CT molecular complexity index is 458. The summed E-state index contributed by atoms with van der Waals surface area (Å²) in [5.41, 5.74) is 6.86. The zero-order valence-electron chi connectivity index (χ0n) is 10.8. The van der Waals surface area contributed by atoms with Gasteiger partial charge in [-0.3, -0.25) is 5.41 Å². The Kier molecular flexibility index (Phi) is 3.52. The van der Waals surface area contributed by atoms with Crippen LogP contribution in [0.15, 0.2) is 18.2 Å². The zero-order chi connectivity index (χ0) is 13.3. The van der Waals surface area contributed by atoms with Crippen LogP contribution in [0.2, 0.25) is 0 Å². The molecule has 0 radical (unpaired) electrons. The number of nitrogens with zero attached hydrogens (tertiary/aromatic N) is 2. The van der Waals surface area contributed by atoms with Gasteiger partial charge in [0.15, 0.2) is 0 Å². The summed E-state index contributed by atoms with van der Waals surface area (Å²) in [5, 5.41) is 7.55. The van der Waals surface area contributed by atoms with Gasteiger partial charge in [-0.05, 0) is 38.7 Å². The van der Waals surface area contributed by atoms with Gasteiger partial charge in [-0.15, -0.1) is 0 Å². The van der Waals surface area contributed by atoms with Gasteiger partial charge >= 0.3 is 0 Å². The summed E-state index contributed by atoms with van der Waals surface area (Å²) in [5.74, 6) is -0.440. The van der Waals surface area contributed by atoms with Crippen LogP contribution in [0, 0.1) is 11.2 Å². The van der Waals surface area contributed by atoms with Gasteiger partial charge in [-0.25, -0.2) is 4.39 Å². The van der Waals surface area contributed by atoms with E-state index in [1.54, 1.807) is 6.07 Å². The van der Waals surface area contributed by atoms with Gasteiger partial charge in [0.2, 0.25) is 0 Å². The van der Waals surface area contributed by atoms with Crippen LogP contribution in [0.1, 0.15) is 12.0 Å². The molecule has 1 aromatic rings. The van der Waals surface area contributed by atoms with Gasteiger partial charge in [0.1, 0.15) is 11.7 Å². The lowest BCUT2D eigenvalue weighted by molar-refractivity contribution is 0.315. The number of nitrogens with two attached hydrogens (primary N) is 1. The van der Waals surface area contributed by atoms with Crippen molar-refractivity contribution in [2.75, 3.05) is 32.1 Å². The molecule has 0 amide bonds. The second kappa shape index (κ2) is 4.94. The van der Waals surface area contributed by atoms with Crippen molar-refractivity contribution in [3.05, 3.63) is 29.6 Å². The SMILES string of the molecule is CN(C)C1CCN(c2ccc(F)cc2C(=N)N)C1. The molecule has 2 rings (SSSR count). The standard InChI is InChI=1S/C13H19FN4/c1-17(2)10-5-6-18(8-10)12-4-3-9(14)7-11(12)13(15)16/h3-4,7,10H,5-6,8H2,1-2H3,(H3,15,16). The molecule has 1 atom stereocenters. The highest BCUT2D eigenvalue weighted by atomic mass is 19.1. The van der Waals surface area contributed by atoms with Gasteiger partial charge in [0.25, 0.3) is 0 Å². The number of halogens is 1. The molecule has 1 aliphatic heterocycles. The fourth-order valence-electron chi connectivity index (χ4n) is 2.38. The Morgan fingerprint density at radius 2 is 2.22 bits per heavy atom. The number of anilines is 1. The van der Waals surface area contributed by atoms with Crippen LogP contribution in [0.25, 0.3) is 0 Å². The average Bonchev–Trinajstić information content (AvgIpc) is 2.78. The second-order valence-electron chi connectivity index (χ2n) is 4.93. The zero-order valence-corrected chi connectivity index (χ0v) is 10.8. The van der Waals surface area contributed by atoms with Crippen LogP contribution in [-0.4, -0.2) is 44.0 Å². The fraction of sp³-hybridized carbons (Fsp3) is 0.462. The molecule has 1 heterocycles. The predicted molar refractivity (Wildman–Crippen MR) is 71.7 cm³/mol. The van der Waals surface area contributed by atoms with E-state index in [0.717, 1.165) is 25.2 Å². The molecule has 1 saturated heterocycles. The van der Waals surface area contributed by atoms with Crippen LogP contribution in [0.3, 0.4) is 0 Å². The molecule has 0 saturated carbocycles. The molecule has 0 bridgehead atoms. The summed E-state index contributed by atoms with van der Waals surface area (Å²) < 4.78 is 13.2. The molecule has 1 aliphatic rings. The van der Waals surface area contributed by atoms with E-state index in [4.69, 9.17) is 11.1 Å². The lowest BCUT2D eigenvalue weighted by atomic mass is 10.1. The van der Waals surface area contributed by atoms with Crippen LogP contribution in [0.4, 0.5) is 10.1 Å². The molecule has 1 unspecified atom stereocenters. The Morgan fingerprint density at radius 3 is 2.78 bits per heavy atom. The largest absolute Gasteiger partial charge is 0.384 e. The Hall–Kier alpha value is -1.62. The Balaban J connectivity index is 2.27. The highest BCUT2D eigenvalue weighted by Gasteiger charge is 2.26. The highest BCUT2D eigenvalue weighted by Crippen LogP contribution is 2.26. The number of nitrogen functional groups attached to an aromatic ring is 1. The van der Waals surface area contributed by atoms with Crippen molar-refractivity contribution in [1.29, 1.82) is 5.41 Å². The number of nitrogens with one attached hydrogen (secondary N) is 1. The lowest BCUT2D eigenvalue weighted by Crippen LogP contribution is -2.32. The monoisotopic (exact) mass is 250 g/mol. The number of rotatable bonds is 3. The predicted octanol–water partition coefficient (Wildman–Crippen LogP) is 1.25. The minimum Gasteiger partial charge on any atom is -0.384 e. The van der Waals surface area contributed by atoms with Gasteiger partial charge in [-0.2, -0.15) is 0 Å². The molecular formula is C13H19FN4. The molecule has 3 N–H and O–H groups in total. The third kappa shape index (κ3) is 2.46. The minimum atomic E-state index is -0.354. The number of hydrogen-bond acceptors (Lipinski definition) is 3. The Labute approximate surface area is 107 Å². The van der Waals surface area contributed by atoms with Crippen LogP contribution >= 0.6 is 0 Å². The number of likely N-dealkylation sites (N-methyl/N-ethyl adjacent to an activating group) is 1. The number of benzene rings is 1. The molecule has 1 aromatic carbocycles. The first kappa shape index (κ1) is 12.8. The topological polar surface area (TPSA) is 56.4 Å². The molecule has 0 spiro atoms. The lowest BCUT2D eigenvalue weighted by Gasteiger charge is -2.23. The molecule has 18 heavy (non-hydrogen) atoms. The van der Waals surface area contributed by atoms with Crippen molar-refractivity contribution < 1.29 is 4.39 Å². The number of amidine groups is 1. The van der Waals surface area contributed by atoms with E-state index in [2.05, 4.69) is 23.9 Å².